The van der Waals surface area contributed by atoms with Gasteiger partial charge in [-0.15, -0.1) is 0 Å². The number of carbonyl (C=O) groups is 2. The van der Waals surface area contributed by atoms with Crippen LogP contribution in [-0.2, 0) is 4.79 Å². The lowest BCUT2D eigenvalue weighted by atomic mass is 10.2. The van der Waals surface area contributed by atoms with Gasteiger partial charge in [-0.25, -0.2) is 4.39 Å². The Kier molecular flexibility index (Phi) is 5.89. The van der Waals surface area contributed by atoms with E-state index in [1.807, 2.05) is 6.92 Å². The summed E-state index contributed by atoms with van der Waals surface area (Å²) in [6.45, 7) is 1.94. The molecule has 2 amide bonds. The highest BCUT2D eigenvalue weighted by molar-refractivity contribution is 5.97. The first-order valence-corrected chi connectivity index (χ1v) is 7.48. The molecule has 0 radical (unpaired) electrons. The van der Waals surface area contributed by atoms with E-state index >= 15 is 0 Å². The maximum atomic E-state index is 13.6. The van der Waals surface area contributed by atoms with Crippen LogP contribution in [0.5, 0.6) is 5.75 Å². The number of nitrogens with one attached hydrogen (secondary N) is 2. The zero-order valence-corrected chi connectivity index (χ0v) is 13.6. The molecule has 2 aromatic carbocycles. The number of para-hydroxylation sites is 1. The minimum Gasteiger partial charge on any atom is -0.496 e. The van der Waals surface area contributed by atoms with E-state index in [1.165, 1.54) is 13.2 Å². The minimum atomic E-state index is -0.494. The molecule has 0 bridgehead atoms. The number of benzene rings is 2. The average Bonchev–Trinajstić information content (AvgIpc) is 2.58. The average molecular weight is 330 g/mol. The maximum absolute atomic E-state index is 13.6. The maximum Gasteiger partial charge on any atom is 0.255 e. The van der Waals surface area contributed by atoms with Crippen LogP contribution in [0.1, 0.15) is 22.3 Å². The van der Waals surface area contributed by atoms with Crippen LogP contribution in [0.15, 0.2) is 42.5 Å². The van der Waals surface area contributed by atoms with Gasteiger partial charge in [0.15, 0.2) is 0 Å². The Balaban J connectivity index is 1.86. The van der Waals surface area contributed by atoms with Crippen LogP contribution in [0.25, 0.3) is 0 Å². The van der Waals surface area contributed by atoms with Crippen molar-refractivity contribution in [1.29, 1.82) is 0 Å². The van der Waals surface area contributed by atoms with Crippen LogP contribution < -0.4 is 15.4 Å². The van der Waals surface area contributed by atoms with Crippen LogP contribution >= 0.6 is 0 Å². The first-order valence-electron chi connectivity index (χ1n) is 7.48. The second-order valence-corrected chi connectivity index (χ2v) is 5.24. The molecule has 6 heteroatoms. The summed E-state index contributed by atoms with van der Waals surface area (Å²) in [6.07, 6.45) is 0.0360. The summed E-state index contributed by atoms with van der Waals surface area (Å²) in [5.74, 6) is -0.741. The monoisotopic (exact) mass is 330 g/mol. The van der Waals surface area contributed by atoms with E-state index < -0.39 is 5.82 Å². The number of ether oxygens (including phenoxy) is 1. The molecule has 2 aromatic rings. The van der Waals surface area contributed by atoms with E-state index in [-0.39, 0.29) is 30.5 Å². The topological polar surface area (TPSA) is 67.4 Å². The molecule has 0 saturated carbocycles. The number of methoxy groups -OCH3 is 1. The molecular weight excluding hydrogens is 311 g/mol. The molecule has 24 heavy (non-hydrogen) atoms. The largest absolute Gasteiger partial charge is 0.496 e. The number of hydrogen-bond acceptors (Lipinski definition) is 3. The van der Waals surface area contributed by atoms with Crippen molar-refractivity contribution in [2.24, 2.45) is 0 Å². The quantitative estimate of drug-likeness (QED) is 0.856. The molecule has 5 nitrogen and oxygen atoms in total. The molecule has 2 rings (SSSR count). The summed E-state index contributed by atoms with van der Waals surface area (Å²) in [4.78, 5) is 23.9. The first kappa shape index (κ1) is 17.5. The molecule has 0 aliphatic heterocycles. The second kappa shape index (κ2) is 8.10. The SMILES string of the molecule is COc1ccccc1C(=O)NCCC(=O)Nc1cc(C)ccc1F. The van der Waals surface area contributed by atoms with E-state index in [2.05, 4.69) is 10.6 Å². The highest BCUT2D eigenvalue weighted by Crippen LogP contribution is 2.17. The zero-order valence-electron chi connectivity index (χ0n) is 13.6. The zero-order chi connectivity index (χ0) is 17.5. The normalized spacial score (nSPS) is 10.1. The van der Waals surface area contributed by atoms with Crippen molar-refractivity contribution in [2.45, 2.75) is 13.3 Å². The third-order valence-electron chi connectivity index (χ3n) is 3.39. The molecule has 0 fully saturated rings. The fourth-order valence-corrected chi connectivity index (χ4v) is 2.16. The highest BCUT2D eigenvalue weighted by atomic mass is 19.1. The van der Waals surface area contributed by atoms with Gasteiger partial charge >= 0.3 is 0 Å². The number of hydrogen-bond donors (Lipinski definition) is 2. The first-order chi connectivity index (χ1) is 11.5. The van der Waals surface area contributed by atoms with E-state index in [9.17, 15) is 14.0 Å². The predicted molar refractivity (Wildman–Crippen MR) is 89.7 cm³/mol. The Morgan fingerprint density at radius 3 is 2.67 bits per heavy atom. The lowest BCUT2D eigenvalue weighted by Crippen LogP contribution is -2.28. The van der Waals surface area contributed by atoms with Crippen LogP contribution in [0.4, 0.5) is 10.1 Å². The van der Waals surface area contributed by atoms with Crippen LogP contribution in [0, 0.1) is 12.7 Å². The summed E-state index contributed by atoms with van der Waals surface area (Å²) in [7, 11) is 1.48. The number of amides is 2. The molecule has 0 saturated heterocycles. The van der Waals surface area contributed by atoms with Crippen molar-refractivity contribution in [3.63, 3.8) is 0 Å². The Hall–Kier alpha value is -2.89. The number of halogens is 1. The van der Waals surface area contributed by atoms with Crippen LogP contribution in [0.3, 0.4) is 0 Å². The fraction of sp³-hybridized carbons (Fsp3) is 0.222. The molecule has 0 heterocycles. The molecule has 0 aliphatic carbocycles. The summed E-state index contributed by atoms with van der Waals surface area (Å²) in [6, 6.07) is 11.3. The molecule has 2 N–H and O–H groups in total. The number of anilines is 1. The van der Waals surface area contributed by atoms with E-state index in [0.29, 0.717) is 11.3 Å². The van der Waals surface area contributed by atoms with Gasteiger partial charge in [0, 0.05) is 13.0 Å². The summed E-state index contributed by atoms with van der Waals surface area (Å²) in [5, 5.41) is 5.14. The second-order valence-electron chi connectivity index (χ2n) is 5.24. The van der Waals surface area contributed by atoms with Crippen molar-refractivity contribution in [2.75, 3.05) is 19.0 Å². The smallest absolute Gasteiger partial charge is 0.255 e. The molecule has 0 atom stereocenters. The fourth-order valence-electron chi connectivity index (χ4n) is 2.16. The van der Waals surface area contributed by atoms with Crippen molar-refractivity contribution in [3.05, 3.63) is 59.4 Å². The van der Waals surface area contributed by atoms with Crippen molar-refractivity contribution in [3.8, 4) is 5.75 Å². The van der Waals surface area contributed by atoms with E-state index in [0.717, 1.165) is 5.56 Å². The molecule has 0 unspecified atom stereocenters. The van der Waals surface area contributed by atoms with Gasteiger partial charge in [0.1, 0.15) is 11.6 Å². The molecular formula is C18H19FN2O3. The molecule has 0 aromatic heterocycles. The van der Waals surface area contributed by atoms with Crippen LogP contribution in [0.2, 0.25) is 0 Å². The van der Waals surface area contributed by atoms with Gasteiger partial charge in [-0.05, 0) is 36.8 Å². The Labute approximate surface area is 139 Å². The van der Waals surface area contributed by atoms with Gasteiger partial charge < -0.3 is 15.4 Å². The molecule has 0 aliphatic rings. The Bertz CT molecular complexity index is 747. The van der Waals surface area contributed by atoms with Gasteiger partial charge in [0.05, 0.1) is 18.4 Å². The molecule has 126 valence electrons. The van der Waals surface area contributed by atoms with Gasteiger partial charge in [-0.1, -0.05) is 18.2 Å². The van der Waals surface area contributed by atoms with Gasteiger partial charge in [0.2, 0.25) is 5.91 Å². The Morgan fingerprint density at radius 1 is 1.17 bits per heavy atom. The lowest BCUT2D eigenvalue weighted by molar-refractivity contribution is -0.116. The Morgan fingerprint density at radius 2 is 1.92 bits per heavy atom. The minimum absolute atomic E-state index is 0.0360. The standard InChI is InChI=1S/C18H19FN2O3/c1-12-7-8-14(19)15(11-12)21-17(22)9-10-20-18(23)13-5-3-4-6-16(13)24-2/h3-8,11H,9-10H2,1-2H3,(H,20,23)(H,21,22). The summed E-state index contributed by atoms with van der Waals surface area (Å²) < 4.78 is 18.7. The van der Waals surface area contributed by atoms with Crippen molar-refractivity contribution >= 4 is 17.5 Å². The number of aryl methyl sites for hydroxylation is 1. The molecule has 0 spiro atoms. The number of rotatable bonds is 6. The van der Waals surface area contributed by atoms with E-state index in [4.69, 9.17) is 4.74 Å². The third-order valence-corrected chi connectivity index (χ3v) is 3.39. The number of carbonyl (C=O) groups excluding carboxylic acids is 2. The van der Waals surface area contributed by atoms with Gasteiger partial charge in [-0.2, -0.15) is 0 Å². The highest BCUT2D eigenvalue weighted by Gasteiger charge is 2.12. The van der Waals surface area contributed by atoms with Gasteiger partial charge in [-0.3, -0.25) is 9.59 Å². The van der Waals surface area contributed by atoms with E-state index in [1.54, 1.807) is 36.4 Å². The van der Waals surface area contributed by atoms with Crippen LogP contribution in [-0.4, -0.2) is 25.5 Å². The third kappa shape index (κ3) is 4.55. The summed E-state index contributed by atoms with van der Waals surface area (Å²) >= 11 is 0. The van der Waals surface area contributed by atoms with Crippen molar-refractivity contribution < 1.29 is 18.7 Å². The lowest BCUT2D eigenvalue weighted by Gasteiger charge is -2.10. The predicted octanol–water partition coefficient (Wildman–Crippen LogP) is 2.90. The summed E-state index contributed by atoms with van der Waals surface area (Å²) in [5.41, 5.74) is 1.37. The van der Waals surface area contributed by atoms with Gasteiger partial charge in [0.25, 0.3) is 5.91 Å². The van der Waals surface area contributed by atoms with Crippen molar-refractivity contribution in [1.82, 2.24) is 5.32 Å².